The average Bonchev–Trinajstić information content (AvgIpc) is 3.61. The Morgan fingerprint density at radius 2 is 1.23 bits per heavy atom. The number of hydrogen-bond acceptors (Lipinski definition) is 8. The fraction of sp³-hybridized carbons (Fsp3) is 0.333. The average molecular weight is 535 g/mol. The summed E-state index contributed by atoms with van der Waals surface area (Å²) in [5.74, 6) is 0.00816. The Hall–Kier alpha value is -4.92. The van der Waals surface area contributed by atoms with Crippen LogP contribution in [0.15, 0.2) is 25.0 Å². The third-order valence-electron chi connectivity index (χ3n) is 6.39. The summed E-state index contributed by atoms with van der Waals surface area (Å²) in [5, 5.41) is 5.38. The molecule has 0 fully saturated rings. The number of ether oxygens (including phenoxy) is 2. The van der Waals surface area contributed by atoms with Crippen molar-refractivity contribution in [2.45, 2.75) is 45.7 Å². The second kappa shape index (κ2) is 12.6. The smallest absolute Gasteiger partial charge is 0.328 e. The molecule has 2 aromatic heterocycles. The van der Waals surface area contributed by atoms with Crippen molar-refractivity contribution in [2.75, 3.05) is 14.2 Å². The second-order valence-electron chi connectivity index (χ2n) is 8.80. The van der Waals surface area contributed by atoms with E-state index in [-0.39, 0.29) is 24.0 Å². The van der Waals surface area contributed by atoms with Crippen LogP contribution in [0.3, 0.4) is 0 Å². The van der Waals surface area contributed by atoms with Gasteiger partial charge < -0.3 is 30.1 Å². The summed E-state index contributed by atoms with van der Waals surface area (Å²) in [6.45, 7) is 4.95. The Labute approximate surface area is 225 Å². The number of carbonyl (C=O) groups is 4. The number of nitrogens with zero attached hydrogens (tertiary/aromatic N) is 2. The minimum absolute atomic E-state index is 0.103. The van der Waals surface area contributed by atoms with Crippen molar-refractivity contribution in [3.63, 3.8) is 0 Å². The maximum atomic E-state index is 13.6. The molecule has 2 heterocycles. The first-order valence-corrected chi connectivity index (χ1v) is 11.9. The van der Waals surface area contributed by atoms with Crippen molar-refractivity contribution in [1.29, 1.82) is 0 Å². The molecule has 0 saturated heterocycles. The topological polar surface area (TPSA) is 168 Å². The minimum Gasteiger partial charge on any atom is -0.467 e. The van der Waals surface area contributed by atoms with E-state index in [1.54, 1.807) is 20.8 Å². The Morgan fingerprint density at radius 3 is 1.54 bits per heavy atom. The number of amides is 2. The van der Waals surface area contributed by atoms with E-state index in [1.165, 1.54) is 39.3 Å². The zero-order valence-corrected chi connectivity index (χ0v) is 22.3. The number of esters is 2. The van der Waals surface area contributed by atoms with Crippen LogP contribution in [0.2, 0.25) is 0 Å². The normalized spacial score (nSPS) is 12.1. The molecule has 1 aromatic carbocycles. The first-order chi connectivity index (χ1) is 18.6. The molecule has 12 nitrogen and oxygen atoms in total. The SMILES string of the molecule is C#Cc1c(C)c(C(=O)N[C@@H](Cc2cnc[nH]2)C(=O)OC)c(C)c(C(=O)N[C@H](Cc2cnc[nH]2)C(=O)OC)c1C. The van der Waals surface area contributed by atoms with Crippen LogP contribution < -0.4 is 10.6 Å². The maximum Gasteiger partial charge on any atom is 0.328 e. The van der Waals surface area contributed by atoms with Gasteiger partial charge in [0, 0.05) is 53.3 Å². The molecule has 0 saturated carbocycles. The van der Waals surface area contributed by atoms with Crippen LogP contribution in [0.4, 0.5) is 0 Å². The van der Waals surface area contributed by atoms with E-state index < -0.39 is 35.8 Å². The molecule has 3 rings (SSSR count). The number of methoxy groups -OCH3 is 2. The molecule has 12 heteroatoms. The highest BCUT2D eigenvalue weighted by Gasteiger charge is 2.30. The lowest BCUT2D eigenvalue weighted by molar-refractivity contribution is -0.143. The molecular weight excluding hydrogens is 504 g/mol. The fourth-order valence-electron chi connectivity index (χ4n) is 4.48. The molecular formula is C27H30N6O6. The predicted octanol–water partition coefficient (Wildman–Crippen LogP) is 1.07. The lowest BCUT2D eigenvalue weighted by Gasteiger charge is -2.23. The Kier molecular flexibility index (Phi) is 9.22. The van der Waals surface area contributed by atoms with Gasteiger partial charge in [-0.15, -0.1) is 6.42 Å². The summed E-state index contributed by atoms with van der Waals surface area (Å²) < 4.78 is 9.74. The van der Waals surface area contributed by atoms with Gasteiger partial charge in [-0.25, -0.2) is 19.6 Å². The molecule has 39 heavy (non-hydrogen) atoms. The van der Waals surface area contributed by atoms with Gasteiger partial charge in [0.05, 0.1) is 26.9 Å². The third kappa shape index (κ3) is 6.32. The minimum atomic E-state index is -1.03. The van der Waals surface area contributed by atoms with Gasteiger partial charge in [0.15, 0.2) is 0 Å². The van der Waals surface area contributed by atoms with Gasteiger partial charge in [-0.1, -0.05) is 5.92 Å². The van der Waals surface area contributed by atoms with Crippen LogP contribution in [0.5, 0.6) is 0 Å². The van der Waals surface area contributed by atoms with E-state index in [2.05, 4.69) is 36.5 Å². The van der Waals surface area contributed by atoms with E-state index >= 15 is 0 Å². The zero-order valence-electron chi connectivity index (χ0n) is 22.3. The fourth-order valence-corrected chi connectivity index (χ4v) is 4.48. The summed E-state index contributed by atoms with van der Waals surface area (Å²) in [6.07, 6.45) is 12.0. The van der Waals surface area contributed by atoms with Crippen molar-refractivity contribution < 1.29 is 28.7 Å². The first kappa shape index (κ1) is 28.6. The number of benzene rings is 1. The molecule has 0 bridgehead atoms. The molecule has 0 aliphatic carbocycles. The monoisotopic (exact) mass is 534 g/mol. The summed E-state index contributed by atoms with van der Waals surface area (Å²) in [7, 11) is 2.44. The largest absolute Gasteiger partial charge is 0.467 e. The number of aromatic nitrogens is 4. The predicted molar refractivity (Wildman–Crippen MR) is 140 cm³/mol. The third-order valence-corrected chi connectivity index (χ3v) is 6.39. The number of imidazole rings is 2. The molecule has 3 aromatic rings. The van der Waals surface area contributed by atoms with Gasteiger partial charge in [-0.3, -0.25) is 9.59 Å². The Morgan fingerprint density at radius 1 is 0.821 bits per heavy atom. The second-order valence-corrected chi connectivity index (χ2v) is 8.80. The van der Waals surface area contributed by atoms with Crippen LogP contribution in [-0.4, -0.2) is 70.0 Å². The van der Waals surface area contributed by atoms with Crippen molar-refractivity contribution in [3.8, 4) is 12.3 Å². The van der Waals surface area contributed by atoms with Gasteiger partial charge >= 0.3 is 11.9 Å². The zero-order chi connectivity index (χ0) is 28.7. The van der Waals surface area contributed by atoms with Gasteiger partial charge in [0.1, 0.15) is 12.1 Å². The van der Waals surface area contributed by atoms with Crippen LogP contribution in [0.25, 0.3) is 0 Å². The molecule has 2 amide bonds. The molecule has 204 valence electrons. The van der Waals surface area contributed by atoms with E-state index in [9.17, 15) is 19.2 Å². The van der Waals surface area contributed by atoms with Gasteiger partial charge in [-0.2, -0.15) is 0 Å². The lowest BCUT2D eigenvalue weighted by atomic mass is 9.87. The van der Waals surface area contributed by atoms with E-state index in [1.807, 2.05) is 0 Å². The van der Waals surface area contributed by atoms with E-state index in [0.717, 1.165) is 0 Å². The highest BCUT2D eigenvalue weighted by molar-refractivity contribution is 6.06. The number of aromatic amines is 2. The standard InChI is InChI=1S/C27H30N6O6/c1-7-19-14(2)22(24(34)32-20(26(36)38-5)8-17-10-28-12-30-17)16(4)23(15(19)3)25(35)33-21(27(37)39-6)9-18-11-29-13-31-18/h1,10-13,20-21H,8-9H2,2-6H3,(H,28,30)(H,29,31)(H,32,34)(H,33,35)/t20-,21+. The number of carbonyl (C=O) groups excluding carboxylic acids is 4. The molecule has 0 unspecified atom stereocenters. The number of hydrogen-bond donors (Lipinski definition) is 4. The van der Waals surface area contributed by atoms with Crippen molar-refractivity contribution in [2.24, 2.45) is 0 Å². The molecule has 2 atom stereocenters. The summed E-state index contributed by atoms with van der Waals surface area (Å²) in [6, 6.07) is -2.07. The number of terminal acetylenes is 1. The lowest BCUT2D eigenvalue weighted by Crippen LogP contribution is -2.45. The van der Waals surface area contributed by atoms with E-state index in [0.29, 0.717) is 33.6 Å². The number of nitrogens with one attached hydrogen (secondary N) is 4. The molecule has 0 aliphatic heterocycles. The number of H-pyrrole nitrogens is 2. The van der Waals surface area contributed by atoms with Gasteiger partial charge in [0.2, 0.25) is 0 Å². The van der Waals surface area contributed by atoms with Crippen LogP contribution in [0.1, 0.15) is 54.4 Å². The quantitative estimate of drug-likeness (QED) is 0.221. The highest BCUT2D eigenvalue weighted by Crippen LogP contribution is 2.27. The van der Waals surface area contributed by atoms with Crippen LogP contribution >= 0.6 is 0 Å². The molecule has 4 N–H and O–H groups in total. The summed E-state index contributed by atoms with van der Waals surface area (Å²) in [5.41, 5.74) is 3.11. The first-order valence-electron chi connectivity index (χ1n) is 11.9. The van der Waals surface area contributed by atoms with Crippen LogP contribution in [0, 0.1) is 33.1 Å². The van der Waals surface area contributed by atoms with Crippen LogP contribution in [-0.2, 0) is 31.9 Å². The van der Waals surface area contributed by atoms with Crippen molar-refractivity contribution >= 4 is 23.8 Å². The molecule has 0 aliphatic rings. The summed E-state index contributed by atoms with van der Waals surface area (Å²) in [4.78, 5) is 65.7. The Balaban J connectivity index is 2.00. The highest BCUT2D eigenvalue weighted by atomic mass is 16.5. The number of rotatable bonds is 10. The summed E-state index contributed by atoms with van der Waals surface area (Å²) >= 11 is 0. The Bertz CT molecular complexity index is 1310. The molecule has 0 spiro atoms. The van der Waals surface area contributed by atoms with Crippen molar-refractivity contribution in [3.05, 3.63) is 69.8 Å². The van der Waals surface area contributed by atoms with E-state index in [4.69, 9.17) is 15.9 Å². The molecule has 0 radical (unpaired) electrons. The van der Waals surface area contributed by atoms with Gasteiger partial charge in [0.25, 0.3) is 11.8 Å². The van der Waals surface area contributed by atoms with Gasteiger partial charge in [-0.05, 0) is 37.5 Å². The van der Waals surface area contributed by atoms with Crippen molar-refractivity contribution in [1.82, 2.24) is 30.6 Å². The maximum absolute atomic E-state index is 13.6.